The van der Waals surface area contributed by atoms with Gasteiger partial charge in [-0.15, -0.1) is 12.3 Å². The van der Waals surface area contributed by atoms with Crippen LogP contribution >= 0.6 is 0 Å². The van der Waals surface area contributed by atoms with Crippen molar-refractivity contribution in [3.63, 3.8) is 0 Å². The zero-order valence-electron chi connectivity index (χ0n) is 5.83. The number of hydrogen-bond acceptors (Lipinski definition) is 3. The number of ether oxygens (including phenoxy) is 1. The minimum absolute atomic E-state index is 0.0127. The molecule has 0 fully saturated rings. The summed E-state index contributed by atoms with van der Waals surface area (Å²) in [6.07, 6.45) is 3.70. The van der Waals surface area contributed by atoms with E-state index >= 15 is 0 Å². The third kappa shape index (κ3) is 3.10. The monoisotopic (exact) mass is 142 g/mol. The smallest absolute Gasteiger partial charge is 0.335 e. The maximum Gasteiger partial charge on any atom is 0.335 e. The van der Waals surface area contributed by atoms with Gasteiger partial charge in [0.1, 0.15) is 0 Å². The molecule has 0 aromatic rings. The van der Waals surface area contributed by atoms with Crippen molar-refractivity contribution in [2.75, 3.05) is 6.61 Å². The summed E-state index contributed by atoms with van der Waals surface area (Å²) in [5.74, 6) is 1.50. The van der Waals surface area contributed by atoms with Gasteiger partial charge in [0.05, 0.1) is 6.61 Å². The first-order valence-corrected chi connectivity index (χ1v) is 3.00. The van der Waals surface area contributed by atoms with Crippen LogP contribution in [0, 0.1) is 12.3 Å². The largest absolute Gasteiger partial charge is 0.464 e. The van der Waals surface area contributed by atoms with Gasteiger partial charge in [0.2, 0.25) is 0 Å². The molecule has 0 bridgehead atoms. The molecule has 10 heavy (non-hydrogen) atoms. The second-order valence-electron chi connectivity index (χ2n) is 1.68. The lowest BCUT2D eigenvalue weighted by Crippen LogP contribution is -2.22. The van der Waals surface area contributed by atoms with Crippen LogP contribution in [0.1, 0.15) is 13.3 Å². The summed E-state index contributed by atoms with van der Waals surface area (Å²) in [5, 5.41) is 8.83. The Morgan fingerprint density at radius 2 is 2.50 bits per heavy atom. The standard InChI is InChI=1S/C7H10O3/c1-3-5-6(8)7(9)10-4-2/h1,6,8H,4-5H2,2H3. The first-order chi connectivity index (χ1) is 4.72. The van der Waals surface area contributed by atoms with Crippen molar-refractivity contribution in [2.24, 2.45) is 0 Å². The number of esters is 1. The Morgan fingerprint density at radius 1 is 1.90 bits per heavy atom. The number of aliphatic hydroxyl groups excluding tert-OH is 1. The molecule has 0 aromatic carbocycles. The van der Waals surface area contributed by atoms with Crippen molar-refractivity contribution in [2.45, 2.75) is 19.4 Å². The van der Waals surface area contributed by atoms with E-state index < -0.39 is 12.1 Å². The summed E-state index contributed by atoms with van der Waals surface area (Å²) in [7, 11) is 0. The molecule has 1 atom stereocenters. The van der Waals surface area contributed by atoms with Gasteiger partial charge < -0.3 is 9.84 Å². The molecule has 1 N–H and O–H groups in total. The molecule has 0 aliphatic rings. The van der Waals surface area contributed by atoms with Crippen molar-refractivity contribution < 1.29 is 14.6 Å². The van der Waals surface area contributed by atoms with Gasteiger partial charge in [0.25, 0.3) is 0 Å². The number of terminal acetylenes is 1. The van der Waals surface area contributed by atoms with Crippen LogP contribution in [-0.4, -0.2) is 23.8 Å². The van der Waals surface area contributed by atoms with E-state index in [-0.39, 0.29) is 13.0 Å². The van der Waals surface area contributed by atoms with Crippen LogP contribution in [-0.2, 0) is 9.53 Å². The third-order valence-electron chi connectivity index (χ3n) is 0.870. The molecular weight excluding hydrogens is 132 g/mol. The molecule has 0 saturated heterocycles. The molecule has 1 unspecified atom stereocenters. The van der Waals surface area contributed by atoms with Crippen LogP contribution in [0.2, 0.25) is 0 Å². The summed E-state index contributed by atoms with van der Waals surface area (Å²) in [5.41, 5.74) is 0. The molecule has 0 heterocycles. The molecular formula is C7H10O3. The normalized spacial score (nSPS) is 11.7. The van der Waals surface area contributed by atoms with Crippen LogP contribution in [0.4, 0.5) is 0 Å². The van der Waals surface area contributed by atoms with Gasteiger partial charge in [-0.25, -0.2) is 4.79 Å². The highest BCUT2D eigenvalue weighted by Gasteiger charge is 2.13. The fraction of sp³-hybridized carbons (Fsp3) is 0.571. The topological polar surface area (TPSA) is 46.5 Å². The third-order valence-corrected chi connectivity index (χ3v) is 0.870. The molecule has 0 radical (unpaired) electrons. The lowest BCUT2D eigenvalue weighted by molar-refractivity contribution is -0.152. The average molecular weight is 142 g/mol. The van der Waals surface area contributed by atoms with Crippen molar-refractivity contribution in [1.29, 1.82) is 0 Å². The van der Waals surface area contributed by atoms with E-state index in [1.165, 1.54) is 0 Å². The van der Waals surface area contributed by atoms with E-state index in [4.69, 9.17) is 11.5 Å². The van der Waals surface area contributed by atoms with E-state index in [1.807, 2.05) is 0 Å². The minimum atomic E-state index is -1.16. The lowest BCUT2D eigenvalue weighted by Gasteiger charge is -2.04. The van der Waals surface area contributed by atoms with Gasteiger partial charge in [-0.05, 0) is 6.92 Å². The van der Waals surface area contributed by atoms with Crippen molar-refractivity contribution >= 4 is 5.97 Å². The molecule has 0 aliphatic carbocycles. The van der Waals surface area contributed by atoms with Gasteiger partial charge in [-0.1, -0.05) is 0 Å². The van der Waals surface area contributed by atoms with Crippen molar-refractivity contribution in [1.82, 2.24) is 0 Å². The van der Waals surface area contributed by atoms with Gasteiger partial charge in [0, 0.05) is 6.42 Å². The predicted molar refractivity (Wildman–Crippen MR) is 36.1 cm³/mol. The maximum absolute atomic E-state index is 10.6. The Kier molecular flexibility index (Phi) is 4.34. The molecule has 56 valence electrons. The molecule has 0 rings (SSSR count). The molecule has 3 nitrogen and oxygen atoms in total. The second kappa shape index (κ2) is 4.83. The van der Waals surface area contributed by atoms with E-state index in [0.717, 1.165) is 0 Å². The van der Waals surface area contributed by atoms with Crippen LogP contribution < -0.4 is 0 Å². The average Bonchev–Trinajstić information content (AvgIpc) is 1.89. The van der Waals surface area contributed by atoms with Crippen LogP contribution in [0.3, 0.4) is 0 Å². The van der Waals surface area contributed by atoms with Gasteiger partial charge in [-0.3, -0.25) is 0 Å². The van der Waals surface area contributed by atoms with E-state index in [1.54, 1.807) is 6.92 Å². The van der Waals surface area contributed by atoms with E-state index in [9.17, 15) is 4.79 Å². The summed E-state index contributed by atoms with van der Waals surface area (Å²) < 4.78 is 4.47. The number of aliphatic hydroxyl groups is 1. The highest BCUT2D eigenvalue weighted by atomic mass is 16.5. The maximum atomic E-state index is 10.6. The Labute approximate surface area is 60.0 Å². The molecule has 0 amide bonds. The number of rotatable bonds is 3. The summed E-state index contributed by atoms with van der Waals surface area (Å²) >= 11 is 0. The lowest BCUT2D eigenvalue weighted by atomic mass is 10.3. The Hall–Kier alpha value is -1.01. The highest BCUT2D eigenvalue weighted by Crippen LogP contribution is 1.92. The first kappa shape index (κ1) is 8.99. The number of hydrogen-bond donors (Lipinski definition) is 1. The highest BCUT2D eigenvalue weighted by molar-refractivity contribution is 5.74. The van der Waals surface area contributed by atoms with Crippen molar-refractivity contribution in [3.05, 3.63) is 0 Å². The summed E-state index contributed by atoms with van der Waals surface area (Å²) in [6, 6.07) is 0. The van der Waals surface area contributed by atoms with Gasteiger partial charge in [0.15, 0.2) is 6.10 Å². The van der Waals surface area contributed by atoms with Crippen LogP contribution in [0.15, 0.2) is 0 Å². The molecule has 3 heteroatoms. The molecule has 0 saturated carbocycles. The number of carbonyl (C=O) groups is 1. The zero-order valence-corrected chi connectivity index (χ0v) is 5.83. The van der Waals surface area contributed by atoms with Crippen molar-refractivity contribution in [3.8, 4) is 12.3 Å². The predicted octanol–water partition coefficient (Wildman–Crippen LogP) is -0.0663. The zero-order chi connectivity index (χ0) is 7.98. The van der Waals surface area contributed by atoms with E-state index in [2.05, 4.69) is 10.7 Å². The quantitative estimate of drug-likeness (QED) is 0.443. The summed E-state index contributed by atoms with van der Waals surface area (Å²) in [6.45, 7) is 1.93. The minimum Gasteiger partial charge on any atom is -0.464 e. The Bertz CT molecular complexity index is 145. The Morgan fingerprint density at radius 3 is 2.90 bits per heavy atom. The molecule has 0 aromatic heterocycles. The SMILES string of the molecule is C#CCC(O)C(=O)OCC. The first-order valence-electron chi connectivity index (χ1n) is 3.00. The van der Waals surface area contributed by atoms with Crippen LogP contribution in [0.25, 0.3) is 0 Å². The van der Waals surface area contributed by atoms with E-state index in [0.29, 0.717) is 0 Å². The van der Waals surface area contributed by atoms with Gasteiger partial charge in [-0.2, -0.15) is 0 Å². The molecule has 0 spiro atoms. The second-order valence-corrected chi connectivity index (χ2v) is 1.68. The Balaban J connectivity index is 3.62. The molecule has 0 aliphatic heterocycles. The summed E-state index contributed by atoms with van der Waals surface area (Å²) in [4.78, 5) is 10.6. The fourth-order valence-corrected chi connectivity index (χ4v) is 0.433. The fourth-order valence-electron chi connectivity index (χ4n) is 0.433. The number of carbonyl (C=O) groups excluding carboxylic acids is 1. The van der Waals surface area contributed by atoms with Crippen LogP contribution in [0.5, 0.6) is 0 Å². The van der Waals surface area contributed by atoms with Gasteiger partial charge >= 0.3 is 5.97 Å².